The molecule has 0 saturated carbocycles. The normalized spacial score (nSPS) is 10.9. The molecule has 2 aromatic heterocycles. The fourth-order valence-electron chi connectivity index (χ4n) is 1.88. The first-order valence-electron chi connectivity index (χ1n) is 5.45. The molecule has 0 aliphatic rings. The van der Waals surface area contributed by atoms with E-state index in [1.165, 1.54) is 0 Å². The van der Waals surface area contributed by atoms with Gasteiger partial charge in [0.15, 0.2) is 5.43 Å². The van der Waals surface area contributed by atoms with Crippen LogP contribution in [0.5, 0.6) is 0 Å². The van der Waals surface area contributed by atoms with Gasteiger partial charge in [-0.3, -0.25) is 4.79 Å². The largest absolute Gasteiger partial charge is 0.455 e. The first-order valence-corrected chi connectivity index (χ1v) is 7.45. The molecule has 0 aliphatic carbocycles. The summed E-state index contributed by atoms with van der Waals surface area (Å²) in [4.78, 5) is 13.1. The molecular formula is C14H9BrO2S. The maximum atomic E-state index is 12.1. The van der Waals surface area contributed by atoms with Crippen molar-refractivity contribution < 1.29 is 4.42 Å². The number of benzene rings is 1. The molecular weight excluding hydrogens is 312 g/mol. The maximum Gasteiger partial charge on any atom is 0.193 e. The van der Waals surface area contributed by atoms with Gasteiger partial charge < -0.3 is 4.42 Å². The van der Waals surface area contributed by atoms with Crippen molar-refractivity contribution in [3.63, 3.8) is 0 Å². The number of hydrogen-bond donors (Lipinski definition) is 0. The highest BCUT2D eigenvalue weighted by Gasteiger charge is 2.10. The summed E-state index contributed by atoms with van der Waals surface area (Å²) in [5.74, 6) is 0.635. The predicted molar refractivity (Wildman–Crippen MR) is 78.4 cm³/mol. The smallest absolute Gasteiger partial charge is 0.193 e. The minimum absolute atomic E-state index is 0.00227. The molecule has 18 heavy (non-hydrogen) atoms. The van der Waals surface area contributed by atoms with E-state index in [0.29, 0.717) is 22.1 Å². The molecule has 90 valence electrons. The molecule has 0 atom stereocenters. The van der Waals surface area contributed by atoms with E-state index in [9.17, 15) is 4.79 Å². The average molecular weight is 321 g/mol. The molecule has 0 aliphatic heterocycles. The van der Waals surface area contributed by atoms with Crippen molar-refractivity contribution in [3.05, 3.63) is 57.6 Å². The lowest BCUT2D eigenvalue weighted by molar-refractivity contribution is 0.617. The SMILES string of the molecule is O=c1cc(-c2cccs2)oc2c(CBr)cccc12. The molecule has 3 rings (SSSR count). The molecule has 2 nitrogen and oxygen atoms in total. The molecule has 0 unspecified atom stereocenters. The first-order chi connectivity index (χ1) is 8.79. The quantitative estimate of drug-likeness (QED) is 0.654. The Balaban J connectivity index is 2.35. The van der Waals surface area contributed by atoms with E-state index < -0.39 is 0 Å². The number of hydrogen-bond acceptors (Lipinski definition) is 3. The van der Waals surface area contributed by atoms with E-state index in [-0.39, 0.29) is 5.43 Å². The maximum absolute atomic E-state index is 12.1. The Morgan fingerprint density at radius 2 is 2.11 bits per heavy atom. The zero-order valence-electron chi connectivity index (χ0n) is 9.35. The van der Waals surface area contributed by atoms with Crippen molar-refractivity contribution in [2.45, 2.75) is 5.33 Å². The molecule has 4 heteroatoms. The fraction of sp³-hybridized carbons (Fsp3) is 0.0714. The van der Waals surface area contributed by atoms with Gasteiger partial charge >= 0.3 is 0 Å². The highest BCUT2D eigenvalue weighted by atomic mass is 79.9. The van der Waals surface area contributed by atoms with Gasteiger partial charge in [0, 0.05) is 17.0 Å². The monoisotopic (exact) mass is 320 g/mol. The number of halogens is 1. The second-order valence-electron chi connectivity index (χ2n) is 3.88. The summed E-state index contributed by atoms with van der Waals surface area (Å²) in [5, 5.41) is 3.27. The zero-order valence-corrected chi connectivity index (χ0v) is 11.8. The van der Waals surface area contributed by atoms with E-state index in [2.05, 4.69) is 15.9 Å². The molecule has 0 bridgehead atoms. The highest BCUT2D eigenvalue weighted by molar-refractivity contribution is 9.08. The molecule has 0 saturated heterocycles. The van der Waals surface area contributed by atoms with Gasteiger partial charge in [0.1, 0.15) is 11.3 Å². The molecule has 3 aromatic rings. The lowest BCUT2D eigenvalue weighted by Gasteiger charge is -2.04. The van der Waals surface area contributed by atoms with Crippen molar-refractivity contribution in [3.8, 4) is 10.6 Å². The van der Waals surface area contributed by atoms with Crippen molar-refractivity contribution >= 4 is 38.2 Å². The minimum Gasteiger partial charge on any atom is -0.455 e. The Kier molecular flexibility index (Phi) is 3.06. The van der Waals surface area contributed by atoms with Crippen LogP contribution in [0.1, 0.15) is 5.56 Å². The Morgan fingerprint density at radius 1 is 1.22 bits per heavy atom. The fourth-order valence-corrected chi connectivity index (χ4v) is 3.00. The van der Waals surface area contributed by atoms with Crippen LogP contribution in [-0.4, -0.2) is 0 Å². The summed E-state index contributed by atoms with van der Waals surface area (Å²) in [6, 6.07) is 11.1. The lowest BCUT2D eigenvalue weighted by atomic mass is 10.1. The Hall–Kier alpha value is -1.39. The third-order valence-electron chi connectivity index (χ3n) is 2.74. The van der Waals surface area contributed by atoms with Gasteiger partial charge in [0.05, 0.1) is 10.3 Å². The van der Waals surface area contributed by atoms with Crippen LogP contribution in [0.3, 0.4) is 0 Å². The van der Waals surface area contributed by atoms with Gasteiger partial charge in [0.25, 0.3) is 0 Å². The van der Waals surface area contributed by atoms with Crippen LogP contribution in [0.4, 0.5) is 0 Å². The van der Waals surface area contributed by atoms with E-state index in [1.807, 2.05) is 29.6 Å². The van der Waals surface area contributed by atoms with Crippen molar-refractivity contribution in [1.82, 2.24) is 0 Å². The number of para-hydroxylation sites is 1. The minimum atomic E-state index is 0.00227. The van der Waals surface area contributed by atoms with Crippen molar-refractivity contribution in [2.24, 2.45) is 0 Å². The highest BCUT2D eigenvalue weighted by Crippen LogP contribution is 2.28. The van der Waals surface area contributed by atoms with Gasteiger partial charge in [-0.2, -0.15) is 0 Å². The van der Waals surface area contributed by atoms with Gasteiger partial charge in [-0.15, -0.1) is 11.3 Å². The molecule has 2 heterocycles. The van der Waals surface area contributed by atoms with Crippen LogP contribution in [-0.2, 0) is 5.33 Å². The summed E-state index contributed by atoms with van der Waals surface area (Å²) in [5.41, 5.74) is 1.66. The zero-order chi connectivity index (χ0) is 12.5. The van der Waals surface area contributed by atoms with Gasteiger partial charge in [0.2, 0.25) is 0 Å². The van der Waals surface area contributed by atoms with Crippen molar-refractivity contribution in [2.75, 3.05) is 0 Å². The molecule has 0 fully saturated rings. The number of thiophene rings is 1. The van der Waals surface area contributed by atoms with E-state index in [4.69, 9.17) is 4.42 Å². The second kappa shape index (κ2) is 4.71. The molecule has 0 radical (unpaired) electrons. The van der Waals surface area contributed by atoms with E-state index in [1.54, 1.807) is 23.5 Å². The van der Waals surface area contributed by atoms with Crippen LogP contribution in [0.2, 0.25) is 0 Å². The third kappa shape index (κ3) is 1.91. The molecule has 0 N–H and O–H groups in total. The van der Waals surface area contributed by atoms with Crippen molar-refractivity contribution in [1.29, 1.82) is 0 Å². The van der Waals surface area contributed by atoms with Crippen LogP contribution < -0.4 is 5.43 Å². The number of alkyl halides is 1. The van der Waals surface area contributed by atoms with Crippen LogP contribution in [0, 0.1) is 0 Å². The van der Waals surface area contributed by atoms with Gasteiger partial charge in [-0.25, -0.2) is 0 Å². The molecule has 1 aromatic carbocycles. The first kappa shape index (κ1) is 11.7. The Labute approximate surface area is 116 Å². The lowest BCUT2D eigenvalue weighted by Crippen LogP contribution is -2.01. The number of rotatable bonds is 2. The Bertz CT molecular complexity index is 744. The predicted octanol–water partition coefficient (Wildman–Crippen LogP) is 4.42. The molecule has 0 amide bonds. The summed E-state index contributed by atoms with van der Waals surface area (Å²) in [6.07, 6.45) is 0. The van der Waals surface area contributed by atoms with Gasteiger partial charge in [-0.05, 0) is 17.5 Å². The summed E-state index contributed by atoms with van der Waals surface area (Å²) in [7, 11) is 0. The van der Waals surface area contributed by atoms with Crippen LogP contribution in [0.25, 0.3) is 21.6 Å². The second-order valence-corrected chi connectivity index (χ2v) is 5.39. The molecule has 0 spiro atoms. The van der Waals surface area contributed by atoms with Crippen LogP contribution >= 0.6 is 27.3 Å². The summed E-state index contributed by atoms with van der Waals surface area (Å²) < 4.78 is 5.89. The van der Waals surface area contributed by atoms with Gasteiger partial charge in [-0.1, -0.05) is 34.1 Å². The summed E-state index contributed by atoms with van der Waals surface area (Å²) >= 11 is 4.98. The topological polar surface area (TPSA) is 30.2 Å². The average Bonchev–Trinajstić information content (AvgIpc) is 2.92. The van der Waals surface area contributed by atoms with Crippen LogP contribution in [0.15, 0.2) is 51.0 Å². The third-order valence-corrected chi connectivity index (χ3v) is 4.23. The Morgan fingerprint density at radius 3 is 2.83 bits per heavy atom. The number of fused-ring (bicyclic) bond motifs is 1. The summed E-state index contributed by atoms with van der Waals surface area (Å²) in [6.45, 7) is 0. The standard InChI is InChI=1S/C14H9BrO2S/c15-8-9-3-1-4-10-11(16)7-12(17-14(9)10)13-5-2-6-18-13/h1-7H,8H2. The van der Waals surface area contributed by atoms with E-state index in [0.717, 1.165) is 10.4 Å². The van der Waals surface area contributed by atoms with E-state index >= 15 is 0 Å².